The Morgan fingerprint density at radius 2 is 1.42 bits per heavy atom. The van der Waals surface area contributed by atoms with Gasteiger partial charge in [0.15, 0.2) is 0 Å². The molecule has 7 heteroatoms. The van der Waals surface area contributed by atoms with Crippen LogP contribution in [0.5, 0.6) is 11.5 Å². The van der Waals surface area contributed by atoms with Crippen LogP contribution in [0.4, 0.5) is 22.0 Å². The van der Waals surface area contributed by atoms with Crippen molar-refractivity contribution >= 4 is 10.8 Å². The van der Waals surface area contributed by atoms with E-state index in [4.69, 9.17) is 4.74 Å². The maximum Gasteiger partial charge on any atom is 0.432 e. The molecule has 0 heterocycles. The zero-order chi connectivity index (χ0) is 18.9. The zero-order valence-corrected chi connectivity index (χ0v) is 13.5. The van der Waals surface area contributed by atoms with E-state index in [9.17, 15) is 22.0 Å². The van der Waals surface area contributed by atoms with Crippen molar-refractivity contribution in [2.75, 3.05) is 6.61 Å². The predicted molar refractivity (Wildman–Crippen MR) is 86.0 cm³/mol. The first-order valence-electron chi connectivity index (χ1n) is 7.68. The molecular formula is C19H13F5O2. The van der Waals surface area contributed by atoms with Crippen LogP contribution in [0.3, 0.4) is 0 Å². The Kier molecular flexibility index (Phi) is 4.71. The molecule has 0 spiro atoms. The summed E-state index contributed by atoms with van der Waals surface area (Å²) in [6.45, 7) is 1.72. The topological polar surface area (TPSA) is 18.5 Å². The zero-order valence-electron chi connectivity index (χ0n) is 13.5. The third-order valence-corrected chi connectivity index (χ3v) is 3.64. The molecule has 0 N–H and O–H groups in total. The van der Waals surface area contributed by atoms with E-state index < -0.39 is 29.1 Å². The third kappa shape index (κ3) is 3.56. The molecule has 3 aromatic carbocycles. The fraction of sp³-hybridized carbons (Fsp3) is 0.158. The van der Waals surface area contributed by atoms with Gasteiger partial charge in [-0.3, -0.25) is 0 Å². The Bertz CT molecular complexity index is 933. The lowest BCUT2D eigenvalue weighted by Gasteiger charge is -2.20. The standard InChI is InChI=1S/C19H13F5O2/c1-2-25-15-9-16(21)18(17(22)10-15)19(23,24)26-14-6-4-11-7-13(20)5-3-12(11)8-14/h3-10H,2H2,1H3. The molecule has 3 aromatic rings. The van der Waals surface area contributed by atoms with Crippen LogP contribution in [-0.2, 0) is 6.11 Å². The van der Waals surface area contributed by atoms with Gasteiger partial charge in [0, 0.05) is 12.1 Å². The number of alkyl halides is 2. The van der Waals surface area contributed by atoms with Crippen LogP contribution >= 0.6 is 0 Å². The molecule has 0 radical (unpaired) electrons. The van der Waals surface area contributed by atoms with E-state index in [1.54, 1.807) is 6.92 Å². The molecule has 136 valence electrons. The monoisotopic (exact) mass is 368 g/mol. The minimum absolute atomic E-state index is 0.128. The number of halogens is 5. The van der Waals surface area contributed by atoms with E-state index in [1.165, 1.54) is 30.3 Å². The van der Waals surface area contributed by atoms with Gasteiger partial charge >= 0.3 is 6.11 Å². The molecule has 0 aliphatic heterocycles. The van der Waals surface area contributed by atoms with Gasteiger partial charge in [-0.25, -0.2) is 13.2 Å². The minimum Gasteiger partial charge on any atom is -0.494 e. The summed E-state index contributed by atoms with van der Waals surface area (Å²) in [5.41, 5.74) is -1.51. The first-order valence-corrected chi connectivity index (χ1v) is 7.68. The van der Waals surface area contributed by atoms with Gasteiger partial charge in [0.25, 0.3) is 0 Å². The van der Waals surface area contributed by atoms with E-state index in [0.29, 0.717) is 22.9 Å². The third-order valence-electron chi connectivity index (χ3n) is 3.64. The Hall–Kier alpha value is -2.83. The van der Waals surface area contributed by atoms with Crippen molar-refractivity contribution < 1.29 is 31.4 Å². The lowest BCUT2D eigenvalue weighted by Crippen LogP contribution is -2.25. The van der Waals surface area contributed by atoms with Crippen molar-refractivity contribution in [1.82, 2.24) is 0 Å². The highest BCUT2D eigenvalue weighted by Gasteiger charge is 2.41. The maximum atomic E-state index is 14.3. The highest BCUT2D eigenvalue weighted by atomic mass is 19.3. The number of fused-ring (bicyclic) bond motifs is 1. The lowest BCUT2D eigenvalue weighted by atomic mass is 10.1. The van der Waals surface area contributed by atoms with Gasteiger partial charge in [-0.05, 0) is 42.0 Å². The summed E-state index contributed by atoms with van der Waals surface area (Å²) in [7, 11) is 0. The summed E-state index contributed by atoms with van der Waals surface area (Å²) >= 11 is 0. The molecule has 0 saturated carbocycles. The minimum atomic E-state index is -4.26. The fourth-order valence-corrected chi connectivity index (χ4v) is 2.54. The second kappa shape index (κ2) is 6.82. The molecule has 0 aromatic heterocycles. The van der Waals surface area contributed by atoms with Crippen LogP contribution in [0.2, 0.25) is 0 Å². The summed E-state index contributed by atoms with van der Waals surface area (Å²) in [6, 6.07) is 8.87. The van der Waals surface area contributed by atoms with Crippen LogP contribution in [-0.4, -0.2) is 6.61 Å². The molecule has 3 rings (SSSR count). The molecule has 0 saturated heterocycles. The van der Waals surface area contributed by atoms with Gasteiger partial charge in [0.2, 0.25) is 0 Å². The predicted octanol–water partition coefficient (Wildman–Crippen LogP) is 5.78. The van der Waals surface area contributed by atoms with E-state index in [1.807, 2.05) is 0 Å². The molecule has 0 fully saturated rings. The van der Waals surface area contributed by atoms with E-state index in [2.05, 4.69) is 4.74 Å². The van der Waals surface area contributed by atoms with Crippen LogP contribution in [0, 0.1) is 17.5 Å². The molecular weight excluding hydrogens is 355 g/mol. The number of benzene rings is 3. The summed E-state index contributed by atoms with van der Waals surface area (Å²) < 4.78 is 79.3. The first-order chi connectivity index (χ1) is 12.3. The van der Waals surface area contributed by atoms with Gasteiger partial charge < -0.3 is 9.47 Å². The van der Waals surface area contributed by atoms with Crippen LogP contribution in [0.1, 0.15) is 12.5 Å². The van der Waals surface area contributed by atoms with E-state index in [-0.39, 0.29) is 18.1 Å². The van der Waals surface area contributed by atoms with Crippen molar-refractivity contribution in [2.45, 2.75) is 13.0 Å². The summed E-state index contributed by atoms with van der Waals surface area (Å²) in [4.78, 5) is 0. The SMILES string of the molecule is CCOc1cc(F)c(C(F)(F)Oc2ccc3cc(F)ccc3c2)c(F)c1. The average molecular weight is 368 g/mol. The van der Waals surface area contributed by atoms with E-state index in [0.717, 1.165) is 6.07 Å². The molecule has 0 atom stereocenters. The molecule has 0 aliphatic carbocycles. The van der Waals surface area contributed by atoms with E-state index >= 15 is 0 Å². The molecule has 0 bridgehead atoms. The van der Waals surface area contributed by atoms with Crippen molar-refractivity contribution in [3.05, 3.63) is 71.5 Å². The van der Waals surface area contributed by atoms with Crippen LogP contribution < -0.4 is 9.47 Å². The largest absolute Gasteiger partial charge is 0.494 e. The Balaban J connectivity index is 1.95. The maximum absolute atomic E-state index is 14.3. The lowest BCUT2D eigenvalue weighted by molar-refractivity contribution is -0.189. The van der Waals surface area contributed by atoms with Crippen molar-refractivity contribution in [3.63, 3.8) is 0 Å². The molecule has 2 nitrogen and oxygen atoms in total. The van der Waals surface area contributed by atoms with Crippen LogP contribution in [0.25, 0.3) is 10.8 Å². The number of ether oxygens (including phenoxy) is 2. The summed E-state index contributed by atoms with van der Waals surface area (Å²) in [5.74, 6) is -3.96. The highest BCUT2D eigenvalue weighted by Crippen LogP contribution is 2.37. The molecule has 0 unspecified atom stereocenters. The molecule has 0 amide bonds. The highest BCUT2D eigenvalue weighted by molar-refractivity contribution is 5.83. The van der Waals surface area contributed by atoms with Gasteiger partial charge in [-0.15, -0.1) is 0 Å². The second-order valence-electron chi connectivity index (χ2n) is 5.47. The van der Waals surface area contributed by atoms with Gasteiger partial charge in [-0.1, -0.05) is 12.1 Å². The Morgan fingerprint density at radius 1 is 0.808 bits per heavy atom. The normalized spacial score (nSPS) is 11.6. The quantitative estimate of drug-likeness (QED) is 0.531. The van der Waals surface area contributed by atoms with Gasteiger partial charge in [0.1, 0.15) is 34.5 Å². The summed E-state index contributed by atoms with van der Waals surface area (Å²) in [5, 5.41) is 0.909. The first kappa shape index (κ1) is 18.0. The van der Waals surface area contributed by atoms with Crippen molar-refractivity contribution in [2.24, 2.45) is 0 Å². The smallest absolute Gasteiger partial charge is 0.432 e. The Labute approximate surface area is 145 Å². The molecule has 0 aliphatic rings. The van der Waals surface area contributed by atoms with Gasteiger partial charge in [-0.2, -0.15) is 8.78 Å². The van der Waals surface area contributed by atoms with Gasteiger partial charge in [0.05, 0.1) is 6.61 Å². The van der Waals surface area contributed by atoms with Crippen molar-refractivity contribution in [1.29, 1.82) is 0 Å². The fourth-order valence-electron chi connectivity index (χ4n) is 2.54. The number of hydrogen-bond donors (Lipinski definition) is 0. The average Bonchev–Trinajstić information content (AvgIpc) is 2.54. The molecule has 26 heavy (non-hydrogen) atoms. The number of rotatable bonds is 5. The second-order valence-corrected chi connectivity index (χ2v) is 5.47. The van der Waals surface area contributed by atoms with Crippen molar-refractivity contribution in [3.8, 4) is 11.5 Å². The van der Waals surface area contributed by atoms with Crippen LogP contribution in [0.15, 0.2) is 48.5 Å². The number of hydrogen-bond acceptors (Lipinski definition) is 2. The summed E-state index contributed by atoms with van der Waals surface area (Å²) in [6.07, 6.45) is -4.26. The Morgan fingerprint density at radius 3 is 2.08 bits per heavy atom.